The van der Waals surface area contributed by atoms with Crippen LogP contribution in [0.25, 0.3) is 87.0 Å². The van der Waals surface area contributed by atoms with Crippen LogP contribution in [0.15, 0.2) is 162 Å². The molecule has 0 saturated heterocycles. The standard InChI is InChI=1S/2C25H16O2P.Fe/c2*1-5-11-20-17(7-1)13-15-22-24(20)25-21-12-6-2-8-18(21)14-16-23(25)27-28(26-22)19-9-3-4-10-19;/h2*1-16H;. The third kappa shape index (κ3) is 6.56. The van der Waals surface area contributed by atoms with Gasteiger partial charge in [-0.3, -0.25) is 0 Å². The fraction of sp³-hybridized carbons (Fsp3) is 0. The number of fused-ring (bicyclic) bond motifs is 14. The van der Waals surface area contributed by atoms with Gasteiger partial charge in [-0.1, -0.05) is 121 Å². The van der Waals surface area contributed by atoms with E-state index in [1.54, 1.807) is 0 Å². The van der Waals surface area contributed by atoms with Crippen molar-refractivity contribution in [2.45, 2.75) is 0 Å². The molecule has 2 aliphatic rings. The molecule has 0 atom stereocenters. The smallest absolute Gasteiger partial charge is 0.225 e. The van der Waals surface area contributed by atoms with E-state index in [-0.39, 0.29) is 17.1 Å². The summed E-state index contributed by atoms with van der Waals surface area (Å²) in [6.07, 6.45) is 16.4. The predicted molar refractivity (Wildman–Crippen MR) is 234 cm³/mol. The topological polar surface area (TPSA) is 52.6 Å². The van der Waals surface area contributed by atoms with Crippen LogP contribution in [-0.4, -0.2) is 0 Å². The summed E-state index contributed by atoms with van der Waals surface area (Å²) in [7, 11) is -2.48. The Kier molecular flexibility index (Phi) is 9.89. The van der Waals surface area contributed by atoms with Gasteiger partial charge in [0.25, 0.3) is 0 Å². The first-order chi connectivity index (χ1) is 27.8. The van der Waals surface area contributed by atoms with Crippen molar-refractivity contribution in [3.8, 4) is 0 Å². The van der Waals surface area contributed by atoms with E-state index in [9.17, 15) is 0 Å². The summed E-state index contributed by atoms with van der Waals surface area (Å²) in [6, 6.07) is 50.7. The van der Waals surface area contributed by atoms with Crippen molar-refractivity contribution >= 4 is 103 Å². The zero-order valence-corrected chi connectivity index (χ0v) is 33.2. The van der Waals surface area contributed by atoms with Crippen LogP contribution in [0.2, 0.25) is 0 Å². The van der Waals surface area contributed by atoms with Gasteiger partial charge in [-0.15, -0.1) is 0 Å². The molecule has 0 bridgehead atoms. The second-order valence-corrected chi connectivity index (χ2v) is 16.6. The average Bonchev–Trinajstić information content (AvgIpc) is 3.94. The predicted octanol–water partition coefficient (Wildman–Crippen LogP) is 15.6. The van der Waals surface area contributed by atoms with Crippen LogP contribution >= 0.6 is 16.0 Å². The molecule has 2 fully saturated rings. The third-order valence-corrected chi connectivity index (χ3v) is 13.4. The Morgan fingerprint density at radius 2 is 0.526 bits per heavy atom. The Morgan fingerprint density at radius 3 is 0.789 bits per heavy atom. The van der Waals surface area contributed by atoms with Crippen LogP contribution in [0.4, 0.5) is 0 Å². The molecular weight excluding hydrogens is 782 g/mol. The van der Waals surface area contributed by atoms with Crippen LogP contribution in [0.1, 0.15) is 0 Å². The van der Waals surface area contributed by atoms with E-state index in [2.05, 4.69) is 171 Å². The maximum atomic E-state index is 6.48. The zero-order valence-electron chi connectivity index (χ0n) is 30.4. The van der Waals surface area contributed by atoms with Crippen molar-refractivity contribution in [3.63, 3.8) is 0 Å². The quantitative estimate of drug-likeness (QED) is 0.163. The fourth-order valence-electron chi connectivity index (χ4n) is 7.92. The summed E-state index contributed by atoms with van der Waals surface area (Å²) >= 11 is 0. The number of hydrogen-bond acceptors (Lipinski definition) is 4. The van der Waals surface area contributed by atoms with Crippen molar-refractivity contribution in [2.75, 3.05) is 0 Å². The molecule has 274 valence electrons. The van der Waals surface area contributed by atoms with Crippen LogP contribution < -0.4 is 0 Å². The molecule has 12 rings (SSSR count). The van der Waals surface area contributed by atoms with E-state index in [4.69, 9.17) is 16.8 Å². The summed E-state index contributed by atoms with van der Waals surface area (Å²) < 4.78 is 25.9. The van der Waals surface area contributed by atoms with Crippen LogP contribution in [0.5, 0.6) is 0 Å². The monoisotopic (exact) mass is 814 g/mol. The van der Waals surface area contributed by atoms with E-state index in [1.807, 2.05) is 25.7 Å². The van der Waals surface area contributed by atoms with Crippen molar-refractivity contribution < 1.29 is 33.9 Å². The molecular formula is C50H32FeO4P2. The minimum atomic E-state index is -1.24. The van der Waals surface area contributed by atoms with Crippen molar-refractivity contribution in [3.05, 3.63) is 208 Å². The molecule has 10 radical (unpaired) electrons. The Morgan fingerprint density at radius 1 is 0.281 bits per heavy atom. The molecule has 0 aliphatic heterocycles. The summed E-state index contributed by atoms with van der Waals surface area (Å²) in [5, 5.41) is 14.0. The van der Waals surface area contributed by atoms with E-state index in [1.165, 1.54) is 43.1 Å². The molecule has 0 unspecified atom stereocenters. The molecule has 0 N–H and O–H groups in total. The van der Waals surface area contributed by atoms with Gasteiger partial charge in [-0.05, 0) is 119 Å². The fourth-order valence-corrected chi connectivity index (χ4v) is 10.6. The summed E-state index contributed by atoms with van der Waals surface area (Å²) in [5.74, 6) is 0. The summed E-state index contributed by atoms with van der Waals surface area (Å²) in [4.78, 5) is 0. The Balaban J connectivity index is 0.000000137. The van der Waals surface area contributed by atoms with Crippen LogP contribution in [-0.2, 0) is 17.1 Å². The molecule has 2 saturated carbocycles. The van der Waals surface area contributed by atoms with Gasteiger partial charge < -0.3 is 16.8 Å². The molecule has 0 amide bonds. The van der Waals surface area contributed by atoms with E-state index >= 15 is 0 Å². The largest absolute Gasteiger partial charge is 0.419 e. The van der Waals surface area contributed by atoms with Gasteiger partial charge in [0.2, 0.25) is 16.0 Å². The number of benzene rings is 8. The van der Waals surface area contributed by atoms with Gasteiger partial charge in [0.15, 0.2) is 0 Å². The van der Waals surface area contributed by atoms with Crippen molar-refractivity contribution in [1.29, 1.82) is 0 Å². The minimum absolute atomic E-state index is 0. The third-order valence-electron chi connectivity index (χ3n) is 10.5. The maximum Gasteiger partial charge on any atom is 0.225 e. The van der Waals surface area contributed by atoms with E-state index in [0.717, 1.165) is 55.2 Å². The molecule has 4 nitrogen and oxygen atoms in total. The average molecular weight is 815 g/mol. The number of rotatable bonds is 2. The van der Waals surface area contributed by atoms with E-state index < -0.39 is 16.0 Å². The van der Waals surface area contributed by atoms with Crippen molar-refractivity contribution in [1.82, 2.24) is 0 Å². The first kappa shape index (κ1) is 36.5. The first-order valence-electron chi connectivity index (χ1n) is 18.6. The second kappa shape index (κ2) is 15.5. The van der Waals surface area contributed by atoms with Gasteiger partial charge >= 0.3 is 0 Å². The normalized spacial score (nSPS) is 14.9. The molecule has 8 aromatic carbocycles. The molecule has 10 aromatic rings. The van der Waals surface area contributed by atoms with Crippen LogP contribution in [0.3, 0.4) is 0 Å². The zero-order chi connectivity index (χ0) is 37.0. The Hall–Kier alpha value is -4.88. The SMILES string of the molecule is [CH]1[CH][CH][C](p2oc3ccc4ccccc4c3c3c(ccc4ccccc43)o2)[CH]1.[CH]1[CH][CH][C](p2oc3ccc4ccccc4c3c3c(ccc4ccccc43)o2)[CH]1.[Fe]. The second-order valence-electron chi connectivity index (χ2n) is 13.8. The van der Waals surface area contributed by atoms with Crippen LogP contribution in [0, 0.1) is 62.7 Å². The first-order valence-corrected chi connectivity index (χ1v) is 21.0. The number of hydrogen-bond donors (Lipinski definition) is 0. The molecule has 57 heavy (non-hydrogen) atoms. The maximum absolute atomic E-state index is 6.48. The summed E-state index contributed by atoms with van der Waals surface area (Å²) in [5.41, 5.74) is 5.66. The molecule has 2 heterocycles. The molecule has 7 heteroatoms. The molecule has 2 aliphatic carbocycles. The van der Waals surface area contributed by atoms with Gasteiger partial charge in [0.05, 0.1) is 11.3 Å². The van der Waals surface area contributed by atoms with Gasteiger partial charge in [0, 0.05) is 38.6 Å². The minimum Gasteiger partial charge on any atom is -0.419 e. The summed E-state index contributed by atoms with van der Waals surface area (Å²) in [6.45, 7) is 0. The van der Waals surface area contributed by atoms with E-state index in [0.29, 0.717) is 0 Å². The van der Waals surface area contributed by atoms with Gasteiger partial charge in [0.1, 0.15) is 22.3 Å². The van der Waals surface area contributed by atoms with Gasteiger partial charge in [-0.2, -0.15) is 0 Å². The Labute approximate surface area is 343 Å². The molecule has 2 aromatic heterocycles. The van der Waals surface area contributed by atoms with Gasteiger partial charge in [-0.25, -0.2) is 0 Å². The molecule has 0 spiro atoms. The Bertz CT molecular complexity index is 2780. The van der Waals surface area contributed by atoms with Crippen molar-refractivity contribution in [2.24, 2.45) is 0 Å².